The van der Waals surface area contributed by atoms with Crippen molar-refractivity contribution in [3.63, 3.8) is 0 Å². The molecule has 0 amide bonds. The Morgan fingerprint density at radius 3 is 2.65 bits per heavy atom. The van der Waals surface area contributed by atoms with E-state index in [4.69, 9.17) is 16.3 Å². The molecule has 112 valence electrons. The lowest BCUT2D eigenvalue weighted by Gasteiger charge is -2.33. The van der Waals surface area contributed by atoms with E-state index in [1.54, 1.807) is 24.3 Å². The number of hydrogen-bond acceptors (Lipinski definition) is 4. The maximum Gasteiger partial charge on any atom is 0.243 e. The number of ether oxygens (including phenoxy) is 1. The molecule has 0 aliphatic carbocycles. The molecule has 0 bridgehead atoms. The highest BCUT2D eigenvalue weighted by molar-refractivity contribution is 7.89. The molecule has 0 radical (unpaired) electrons. The summed E-state index contributed by atoms with van der Waals surface area (Å²) in [5.74, 6) is 0.502. The molecule has 1 saturated heterocycles. The molecular weight excluding hydrogens is 302 g/mol. The molecule has 1 aliphatic heterocycles. The summed E-state index contributed by atoms with van der Waals surface area (Å²) in [7, 11) is -3.59. The molecule has 7 heteroatoms. The molecule has 1 heterocycles. The summed E-state index contributed by atoms with van der Waals surface area (Å²) in [6.07, 6.45) is 0.707. The SMILES string of the molecule is O=S(=O)(c1ccc(CCCl)cc1)N1CCOCC1CO. The largest absolute Gasteiger partial charge is 0.395 e. The summed E-state index contributed by atoms with van der Waals surface area (Å²) in [4.78, 5) is 0.233. The topological polar surface area (TPSA) is 66.8 Å². The first-order valence-electron chi connectivity index (χ1n) is 6.45. The fourth-order valence-corrected chi connectivity index (χ4v) is 3.98. The van der Waals surface area contributed by atoms with Gasteiger partial charge in [-0.3, -0.25) is 0 Å². The Bertz CT molecular complexity index is 532. The molecule has 1 aliphatic rings. The molecule has 20 heavy (non-hydrogen) atoms. The van der Waals surface area contributed by atoms with Crippen LogP contribution in [0.25, 0.3) is 0 Å². The van der Waals surface area contributed by atoms with Gasteiger partial charge < -0.3 is 9.84 Å². The maximum absolute atomic E-state index is 12.6. The van der Waals surface area contributed by atoms with Crippen molar-refractivity contribution in [1.82, 2.24) is 4.31 Å². The van der Waals surface area contributed by atoms with E-state index < -0.39 is 16.1 Å². The van der Waals surface area contributed by atoms with Crippen LogP contribution in [-0.2, 0) is 21.2 Å². The third kappa shape index (κ3) is 3.32. The van der Waals surface area contributed by atoms with Gasteiger partial charge in [-0.2, -0.15) is 4.31 Å². The van der Waals surface area contributed by atoms with Crippen LogP contribution in [0.5, 0.6) is 0 Å². The van der Waals surface area contributed by atoms with Crippen molar-refractivity contribution in [2.24, 2.45) is 0 Å². The molecular formula is C13H18ClNO4S. The highest BCUT2D eigenvalue weighted by Crippen LogP contribution is 2.21. The molecule has 1 unspecified atom stereocenters. The van der Waals surface area contributed by atoms with Crippen LogP contribution in [0.15, 0.2) is 29.2 Å². The molecule has 1 N–H and O–H groups in total. The Balaban J connectivity index is 2.24. The van der Waals surface area contributed by atoms with E-state index in [2.05, 4.69) is 0 Å². The van der Waals surface area contributed by atoms with Gasteiger partial charge in [0.2, 0.25) is 10.0 Å². The van der Waals surface area contributed by atoms with Crippen LogP contribution in [-0.4, -0.2) is 56.1 Å². The van der Waals surface area contributed by atoms with Crippen LogP contribution in [0.2, 0.25) is 0 Å². The van der Waals surface area contributed by atoms with Crippen molar-refractivity contribution in [3.05, 3.63) is 29.8 Å². The predicted molar refractivity (Wildman–Crippen MR) is 76.5 cm³/mol. The number of morpholine rings is 1. The Kier molecular flexibility index (Phi) is 5.40. The Morgan fingerprint density at radius 2 is 2.05 bits per heavy atom. The lowest BCUT2D eigenvalue weighted by molar-refractivity contribution is 0.0109. The number of aryl methyl sites for hydroxylation is 1. The summed E-state index contributed by atoms with van der Waals surface area (Å²) < 4.78 is 31.6. The van der Waals surface area contributed by atoms with Crippen molar-refractivity contribution in [3.8, 4) is 0 Å². The minimum Gasteiger partial charge on any atom is -0.395 e. The summed E-state index contributed by atoms with van der Waals surface area (Å²) in [6, 6.07) is 6.19. The summed E-state index contributed by atoms with van der Waals surface area (Å²) in [6.45, 7) is 0.584. The maximum atomic E-state index is 12.6. The van der Waals surface area contributed by atoms with Crippen LogP contribution in [0.3, 0.4) is 0 Å². The molecule has 0 aromatic heterocycles. The van der Waals surface area contributed by atoms with E-state index in [0.29, 0.717) is 18.9 Å². The lowest BCUT2D eigenvalue weighted by atomic mass is 10.2. The van der Waals surface area contributed by atoms with Gasteiger partial charge in [-0.25, -0.2) is 8.42 Å². The van der Waals surface area contributed by atoms with Gasteiger partial charge in [0.25, 0.3) is 0 Å². The van der Waals surface area contributed by atoms with Crippen molar-refractivity contribution in [2.75, 3.05) is 32.2 Å². The minimum absolute atomic E-state index is 0.222. The average Bonchev–Trinajstić information content (AvgIpc) is 2.48. The Hall–Kier alpha value is -0.660. The molecule has 5 nitrogen and oxygen atoms in total. The molecule has 1 atom stereocenters. The smallest absolute Gasteiger partial charge is 0.243 e. The molecule has 1 fully saturated rings. The molecule has 1 aromatic rings. The van der Waals surface area contributed by atoms with Crippen molar-refractivity contribution < 1.29 is 18.3 Å². The lowest BCUT2D eigenvalue weighted by Crippen LogP contribution is -2.50. The zero-order chi connectivity index (χ0) is 14.6. The third-order valence-corrected chi connectivity index (χ3v) is 5.45. The second kappa shape index (κ2) is 6.87. The highest BCUT2D eigenvalue weighted by atomic mass is 35.5. The third-order valence-electron chi connectivity index (χ3n) is 3.30. The van der Waals surface area contributed by atoms with Crippen LogP contribution >= 0.6 is 11.6 Å². The number of benzene rings is 1. The van der Waals surface area contributed by atoms with Crippen LogP contribution in [0, 0.1) is 0 Å². The van der Waals surface area contributed by atoms with E-state index in [1.165, 1.54) is 4.31 Å². The Morgan fingerprint density at radius 1 is 1.35 bits per heavy atom. The minimum atomic E-state index is -3.59. The highest BCUT2D eigenvalue weighted by Gasteiger charge is 2.33. The summed E-state index contributed by atoms with van der Waals surface area (Å²) in [5.41, 5.74) is 1.000. The normalized spacial score (nSPS) is 21.0. The summed E-state index contributed by atoms with van der Waals surface area (Å²) in [5, 5.41) is 9.28. The second-order valence-corrected chi connectivity index (χ2v) is 6.88. The monoisotopic (exact) mass is 319 g/mol. The zero-order valence-electron chi connectivity index (χ0n) is 11.0. The number of hydrogen-bond donors (Lipinski definition) is 1. The quantitative estimate of drug-likeness (QED) is 0.817. The van der Waals surface area contributed by atoms with Gasteiger partial charge in [-0.1, -0.05) is 12.1 Å². The molecule has 2 rings (SSSR count). The number of aliphatic hydroxyl groups excluding tert-OH is 1. The average molecular weight is 320 g/mol. The van der Waals surface area contributed by atoms with E-state index >= 15 is 0 Å². The van der Waals surface area contributed by atoms with Crippen LogP contribution in [0.4, 0.5) is 0 Å². The van der Waals surface area contributed by atoms with Gasteiger partial charge in [0, 0.05) is 12.4 Å². The van der Waals surface area contributed by atoms with E-state index in [0.717, 1.165) is 5.56 Å². The fourth-order valence-electron chi connectivity index (χ4n) is 2.17. The van der Waals surface area contributed by atoms with E-state index in [9.17, 15) is 13.5 Å². The molecule has 1 aromatic carbocycles. The standard InChI is InChI=1S/C13H18ClNO4S/c14-6-5-11-1-3-13(4-2-11)20(17,18)15-7-8-19-10-12(15)9-16/h1-4,12,16H,5-10H2. The number of sulfonamides is 1. The summed E-state index contributed by atoms with van der Waals surface area (Å²) >= 11 is 5.66. The van der Waals surface area contributed by atoms with Gasteiger partial charge in [0.1, 0.15) is 0 Å². The van der Waals surface area contributed by atoms with Gasteiger partial charge >= 0.3 is 0 Å². The molecule has 0 saturated carbocycles. The van der Waals surface area contributed by atoms with Crippen molar-refractivity contribution in [2.45, 2.75) is 17.4 Å². The van der Waals surface area contributed by atoms with Gasteiger partial charge in [-0.05, 0) is 24.1 Å². The fraction of sp³-hybridized carbons (Fsp3) is 0.538. The van der Waals surface area contributed by atoms with Gasteiger partial charge in [0.15, 0.2) is 0 Å². The number of halogens is 1. The number of alkyl halides is 1. The first-order valence-corrected chi connectivity index (χ1v) is 8.42. The van der Waals surface area contributed by atoms with Gasteiger partial charge in [0.05, 0.1) is 30.8 Å². The second-order valence-electron chi connectivity index (χ2n) is 4.61. The zero-order valence-corrected chi connectivity index (χ0v) is 12.6. The number of nitrogens with zero attached hydrogens (tertiary/aromatic N) is 1. The van der Waals surface area contributed by atoms with Gasteiger partial charge in [-0.15, -0.1) is 11.6 Å². The van der Waals surface area contributed by atoms with Crippen LogP contribution < -0.4 is 0 Å². The first-order chi connectivity index (χ1) is 9.59. The van der Waals surface area contributed by atoms with E-state index in [-0.39, 0.29) is 24.7 Å². The Labute approximate surface area is 124 Å². The molecule has 0 spiro atoms. The predicted octanol–water partition coefficient (Wildman–Crippen LogP) is 0.850. The van der Waals surface area contributed by atoms with Crippen molar-refractivity contribution in [1.29, 1.82) is 0 Å². The van der Waals surface area contributed by atoms with Crippen LogP contribution in [0.1, 0.15) is 5.56 Å². The number of rotatable bonds is 5. The van der Waals surface area contributed by atoms with Crippen molar-refractivity contribution >= 4 is 21.6 Å². The van der Waals surface area contributed by atoms with E-state index in [1.807, 2.05) is 0 Å². The number of aliphatic hydroxyl groups is 1. The first kappa shape index (κ1) is 15.7.